The Morgan fingerprint density at radius 3 is 2.60 bits per heavy atom. The van der Waals surface area contributed by atoms with Crippen LogP contribution in [0.1, 0.15) is 44.1 Å². The van der Waals surface area contributed by atoms with Crippen molar-refractivity contribution in [2.75, 3.05) is 31.1 Å². The smallest absolute Gasteiger partial charge is 0.134 e. The first-order valence-electron chi connectivity index (χ1n) is 9.83. The molecule has 1 unspecified atom stereocenters. The number of nitrogens with zero attached hydrogens (tertiary/aromatic N) is 3. The zero-order valence-electron chi connectivity index (χ0n) is 15.0. The fourth-order valence-corrected chi connectivity index (χ4v) is 4.45. The lowest BCUT2D eigenvalue weighted by molar-refractivity contribution is 0.181. The highest BCUT2D eigenvalue weighted by atomic mass is 16.3. The van der Waals surface area contributed by atoms with Crippen molar-refractivity contribution in [1.82, 2.24) is 9.88 Å². The number of piperidine rings is 1. The summed E-state index contributed by atoms with van der Waals surface area (Å²) in [5.74, 6) is 0.987. The number of aliphatic hydroxyl groups excluding tert-OH is 1. The summed E-state index contributed by atoms with van der Waals surface area (Å²) < 4.78 is 0. The Bertz CT molecular complexity index is 709. The summed E-state index contributed by atoms with van der Waals surface area (Å²) >= 11 is 0. The normalized spacial score (nSPS) is 22.9. The van der Waals surface area contributed by atoms with Crippen LogP contribution in [0.15, 0.2) is 30.3 Å². The fourth-order valence-electron chi connectivity index (χ4n) is 4.45. The highest BCUT2D eigenvalue weighted by Crippen LogP contribution is 2.28. The van der Waals surface area contributed by atoms with E-state index in [4.69, 9.17) is 4.98 Å². The summed E-state index contributed by atoms with van der Waals surface area (Å²) in [6.45, 7) is 4.63. The predicted octanol–water partition coefficient (Wildman–Crippen LogP) is 3.57. The average molecular weight is 339 g/mol. The van der Waals surface area contributed by atoms with Gasteiger partial charge in [-0.25, -0.2) is 4.98 Å². The Kier molecular flexibility index (Phi) is 5.18. The lowest BCUT2D eigenvalue weighted by atomic mass is 10.0. The SMILES string of the molecule is OCc1cc2ccccc2nc1N1CCCC(N2CCCCCC2)C1. The van der Waals surface area contributed by atoms with E-state index in [2.05, 4.69) is 28.0 Å². The van der Waals surface area contributed by atoms with Crippen molar-refractivity contribution in [2.45, 2.75) is 51.2 Å². The summed E-state index contributed by atoms with van der Waals surface area (Å²) in [5.41, 5.74) is 1.97. The minimum atomic E-state index is 0.0536. The minimum absolute atomic E-state index is 0.0536. The van der Waals surface area contributed by atoms with Crippen LogP contribution in [0.5, 0.6) is 0 Å². The number of aromatic nitrogens is 1. The van der Waals surface area contributed by atoms with E-state index in [1.54, 1.807) is 0 Å². The Balaban J connectivity index is 1.59. The summed E-state index contributed by atoms with van der Waals surface area (Å²) in [6.07, 6.45) is 7.94. The molecule has 1 atom stereocenters. The second-order valence-electron chi connectivity index (χ2n) is 7.51. The van der Waals surface area contributed by atoms with Crippen molar-refractivity contribution in [3.63, 3.8) is 0 Å². The molecule has 4 rings (SSSR count). The first-order valence-corrected chi connectivity index (χ1v) is 9.83. The Hall–Kier alpha value is -1.65. The Morgan fingerprint density at radius 1 is 1.00 bits per heavy atom. The number of aliphatic hydroxyl groups is 1. The largest absolute Gasteiger partial charge is 0.392 e. The minimum Gasteiger partial charge on any atom is -0.392 e. The van der Waals surface area contributed by atoms with E-state index >= 15 is 0 Å². The number of fused-ring (bicyclic) bond motifs is 1. The number of pyridine rings is 1. The van der Waals surface area contributed by atoms with Gasteiger partial charge < -0.3 is 10.0 Å². The van der Waals surface area contributed by atoms with E-state index in [1.165, 1.54) is 51.6 Å². The first-order chi connectivity index (χ1) is 12.3. The average Bonchev–Trinajstić information content (AvgIpc) is 2.96. The molecule has 2 fully saturated rings. The molecule has 1 N–H and O–H groups in total. The maximum absolute atomic E-state index is 9.88. The summed E-state index contributed by atoms with van der Waals surface area (Å²) in [5, 5.41) is 11.0. The zero-order chi connectivity index (χ0) is 17.1. The molecule has 0 aliphatic carbocycles. The van der Waals surface area contributed by atoms with Crippen LogP contribution in [0.25, 0.3) is 10.9 Å². The van der Waals surface area contributed by atoms with E-state index in [1.807, 2.05) is 12.1 Å². The van der Waals surface area contributed by atoms with Gasteiger partial charge in [0.2, 0.25) is 0 Å². The molecule has 0 saturated carbocycles. The second-order valence-corrected chi connectivity index (χ2v) is 7.51. The van der Waals surface area contributed by atoms with Crippen LogP contribution in [-0.2, 0) is 6.61 Å². The third kappa shape index (κ3) is 3.65. The van der Waals surface area contributed by atoms with E-state index in [0.29, 0.717) is 6.04 Å². The molecular weight excluding hydrogens is 310 g/mol. The maximum Gasteiger partial charge on any atom is 0.134 e. The molecule has 0 spiro atoms. The van der Waals surface area contributed by atoms with Gasteiger partial charge in [0.1, 0.15) is 5.82 Å². The first kappa shape index (κ1) is 16.8. The van der Waals surface area contributed by atoms with Gasteiger partial charge in [0.15, 0.2) is 0 Å². The van der Waals surface area contributed by atoms with Gasteiger partial charge in [-0.15, -0.1) is 0 Å². The quantitative estimate of drug-likeness (QED) is 0.928. The highest BCUT2D eigenvalue weighted by Gasteiger charge is 2.27. The molecule has 2 saturated heterocycles. The number of anilines is 1. The Morgan fingerprint density at radius 2 is 1.80 bits per heavy atom. The number of hydrogen-bond donors (Lipinski definition) is 1. The standard InChI is InChI=1S/C21H29N3O/c25-16-18-14-17-8-3-4-10-20(17)22-21(18)24-13-7-9-19(15-24)23-11-5-1-2-6-12-23/h3-4,8,10,14,19,25H,1-2,5-7,9,11-13,15-16H2. The molecule has 0 amide bonds. The topological polar surface area (TPSA) is 39.6 Å². The molecule has 0 bridgehead atoms. The van der Waals surface area contributed by atoms with Gasteiger partial charge in [-0.1, -0.05) is 31.0 Å². The van der Waals surface area contributed by atoms with Gasteiger partial charge in [-0.05, 0) is 50.9 Å². The van der Waals surface area contributed by atoms with Crippen LogP contribution in [0.2, 0.25) is 0 Å². The van der Waals surface area contributed by atoms with Crippen LogP contribution < -0.4 is 4.90 Å². The van der Waals surface area contributed by atoms with Gasteiger partial charge in [-0.3, -0.25) is 4.90 Å². The molecule has 25 heavy (non-hydrogen) atoms. The third-order valence-electron chi connectivity index (χ3n) is 5.80. The molecule has 3 heterocycles. The van der Waals surface area contributed by atoms with Crippen LogP contribution in [0, 0.1) is 0 Å². The van der Waals surface area contributed by atoms with E-state index in [9.17, 15) is 5.11 Å². The molecule has 0 radical (unpaired) electrons. The predicted molar refractivity (Wildman–Crippen MR) is 103 cm³/mol. The molecule has 1 aromatic heterocycles. The van der Waals surface area contributed by atoms with Crippen LogP contribution in [0.3, 0.4) is 0 Å². The van der Waals surface area contributed by atoms with Crippen LogP contribution in [-0.4, -0.2) is 47.2 Å². The Labute approximate surface area is 150 Å². The molecule has 2 aliphatic heterocycles. The van der Waals surface area contributed by atoms with Crippen molar-refractivity contribution in [3.8, 4) is 0 Å². The van der Waals surface area contributed by atoms with E-state index < -0.39 is 0 Å². The van der Waals surface area contributed by atoms with Crippen molar-refractivity contribution in [2.24, 2.45) is 0 Å². The van der Waals surface area contributed by atoms with E-state index in [0.717, 1.165) is 35.4 Å². The molecule has 2 aliphatic rings. The third-order valence-corrected chi connectivity index (χ3v) is 5.80. The highest BCUT2D eigenvalue weighted by molar-refractivity contribution is 5.81. The van der Waals surface area contributed by atoms with Crippen molar-refractivity contribution < 1.29 is 5.11 Å². The monoisotopic (exact) mass is 339 g/mol. The number of hydrogen-bond acceptors (Lipinski definition) is 4. The molecule has 134 valence electrons. The van der Waals surface area contributed by atoms with Crippen LogP contribution >= 0.6 is 0 Å². The van der Waals surface area contributed by atoms with Gasteiger partial charge in [0.25, 0.3) is 0 Å². The lowest BCUT2D eigenvalue weighted by Gasteiger charge is -2.40. The molecule has 4 heteroatoms. The number of benzene rings is 1. The molecule has 1 aromatic carbocycles. The lowest BCUT2D eigenvalue weighted by Crippen LogP contribution is -2.48. The molecular formula is C21H29N3O. The fraction of sp³-hybridized carbons (Fsp3) is 0.571. The van der Waals surface area contributed by atoms with E-state index in [-0.39, 0.29) is 6.61 Å². The summed E-state index contributed by atoms with van der Waals surface area (Å²) in [7, 11) is 0. The molecule has 4 nitrogen and oxygen atoms in total. The zero-order valence-corrected chi connectivity index (χ0v) is 15.0. The maximum atomic E-state index is 9.88. The summed E-state index contributed by atoms with van der Waals surface area (Å²) in [4.78, 5) is 10.0. The number of para-hydroxylation sites is 1. The van der Waals surface area contributed by atoms with Crippen molar-refractivity contribution in [3.05, 3.63) is 35.9 Å². The number of likely N-dealkylation sites (tertiary alicyclic amines) is 1. The molecule has 2 aromatic rings. The van der Waals surface area contributed by atoms with Crippen LogP contribution in [0.4, 0.5) is 5.82 Å². The van der Waals surface area contributed by atoms with Gasteiger partial charge in [-0.2, -0.15) is 0 Å². The number of rotatable bonds is 3. The van der Waals surface area contributed by atoms with Crippen molar-refractivity contribution in [1.29, 1.82) is 0 Å². The van der Waals surface area contributed by atoms with Gasteiger partial charge in [0.05, 0.1) is 12.1 Å². The van der Waals surface area contributed by atoms with Crippen molar-refractivity contribution >= 4 is 16.7 Å². The van der Waals surface area contributed by atoms with Gasteiger partial charge >= 0.3 is 0 Å². The second kappa shape index (κ2) is 7.71. The van der Waals surface area contributed by atoms with Gasteiger partial charge in [0, 0.05) is 30.1 Å². The summed E-state index contributed by atoms with van der Waals surface area (Å²) in [6, 6.07) is 10.9.